The van der Waals surface area contributed by atoms with Gasteiger partial charge in [0.15, 0.2) is 0 Å². The smallest absolute Gasteiger partial charge is 0.354 e. The number of ether oxygens (including phenoxy) is 2. The molecule has 1 atom stereocenters. The quantitative estimate of drug-likeness (QED) is 0.487. The fraction of sp³-hybridized carbons (Fsp3) is 0.381. The van der Waals surface area contributed by atoms with E-state index < -0.39 is 12.0 Å². The van der Waals surface area contributed by atoms with Gasteiger partial charge in [0.25, 0.3) is 0 Å². The van der Waals surface area contributed by atoms with E-state index in [9.17, 15) is 9.59 Å². The molecule has 1 aliphatic rings. The Morgan fingerprint density at radius 3 is 2.79 bits per heavy atom. The molecule has 1 aromatic carbocycles. The molecule has 0 saturated heterocycles. The molecule has 0 saturated carbocycles. The third-order valence-electron chi connectivity index (χ3n) is 4.33. The van der Waals surface area contributed by atoms with Gasteiger partial charge < -0.3 is 19.2 Å². The lowest BCUT2D eigenvalue weighted by Crippen LogP contribution is -2.43. The van der Waals surface area contributed by atoms with E-state index in [-0.39, 0.29) is 24.6 Å². The van der Waals surface area contributed by atoms with Crippen LogP contribution in [0.4, 0.5) is 5.69 Å². The number of nitrogens with one attached hydrogen (secondary N) is 1. The summed E-state index contributed by atoms with van der Waals surface area (Å²) < 4.78 is 15.7. The number of rotatable bonds is 10. The number of furan rings is 1. The number of carbonyl (C=O) groups is 2. The van der Waals surface area contributed by atoms with E-state index in [1.807, 2.05) is 42.5 Å². The number of hydrogen-bond donors (Lipinski definition) is 1. The Hall–Kier alpha value is -3.13. The van der Waals surface area contributed by atoms with Crippen molar-refractivity contribution in [3.8, 4) is 0 Å². The zero-order chi connectivity index (χ0) is 20.5. The fourth-order valence-electron chi connectivity index (χ4n) is 2.94. The third kappa shape index (κ3) is 5.68. The van der Waals surface area contributed by atoms with Crippen LogP contribution in [-0.2, 0) is 25.7 Å². The van der Waals surface area contributed by atoms with Gasteiger partial charge in [-0.05, 0) is 37.6 Å². The second-order valence-corrected chi connectivity index (χ2v) is 6.44. The minimum atomic E-state index is -0.596. The van der Waals surface area contributed by atoms with Crippen LogP contribution in [0.1, 0.15) is 25.5 Å². The fourth-order valence-corrected chi connectivity index (χ4v) is 2.94. The Bertz CT molecular complexity index is 820. The molecular formula is C21H25N3O5. The number of hydrogen-bond acceptors (Lipinski definition) is 7. The number of nitrogens with zero attached hydrogens (tertiary/aromatic N) is 2. The van der Waals surface area contributed by atoms with Crippen LogP contribution < -0.4 is 10.3 Å². The first kappa shape index (κ1) is 20.6. The van der Waals surface area contributed by atoms with E-state index in [0.29, 0.717) is 26.2 Å². The predicted molar refractivity (Wildman–Crippen MR) is 107 cm³/mol. The number of benzene rings is 1. The van der Waals surface area contributed by atoms with Crippen molar-refractivity contribution in [3.63, 3.8) is 0 Å². The highest BCUT2D eigenvalue weighted by Gasteiger charge is 2.36. The molecule has 2 aromatic rings. The topological polar surface area (TPSA) is 93.4 Å². The average molecular weight is 399 g/mol. The van der Waals surface area contributed by atoms with Crippen LogP contribution in [0.15, 0.2) is 58.2 Å². The first-order valence-corrected chi connectivity index (χ1v) is 9.65. The summed E-state index contributed by atoms with van der Waals surface area (Å²) >= 11 is 0. The molecule has 29 heavy (non-hydrogen) atoms. The zero-order valence-corrected chi connectivity index (χ0v) is 16.4. The summed E-state index contributed by atoms with van der Waals surface area (Å²) in [4.78, 5) is 24.8. The molecule has 154 valence electrons. The van der Waals surface area contributed by atoms with Gasteiger partial charge in [0, 0.05) is 19.6 Å². The summed E-state index contributed by atoms with van der Waals surface area (Å²) in [5, 5.41) is 8.82. The number of hydrazone groups is 1. The highest BCUT2D eigenvalue weighted by atomic mass is 16.5. The molecule has 1 aliphatic heterocycles. The van der Waals surface area contributed by atoms with Crippen LogP contribution in [0.2, 0.25) is 0 Å². The second kappa shape index (κ2) is 10.4. The Balaban J connectivity index is 1.51. The summed E-state index contributed by atoms with van der Waals surface area (Å²) in [5.74, 6) is 0.0835. The maximum Gasteiger partial charge on any atom is 0.354 e. The maximum absolute atomic E-state index is 12.7. The molecule has 1 N–H and O–H groups in total. The highest BCUT2D eigenvalue weighted by Crippen LogP contribution is 2.25. The van der Waals surface area contributed by atoms with Gasteiger partial charge in [0.05, 0.1) is 18.6 Å². The molecule has 8 nitrogen and oxygen atoms in total. The summed E-state index contributed by atoms with van der Waals surface area (Å²) in [6, 6.07) is 12.4. The Morgan fingerprint density at radius 1 is 1.24 bits per heavy atom. The van der Waals surface area contributed by atoms with Gasteiger partial charge >= 0.3 is 5.97 Å². The molecule has 1 amide bonds. The zero-order valence-electron chi connectivity index (χ0n) is 16.4. The van der Waals surface area contributed by atoms with Gasteiger partial charge in [-0.25, -0.2) is 4.79 Å². The van der Waals surface area contributed by atoms with Gasteiger partial charge in [0.2, 0.25) is 5.91 Å². The van der Waals surface area contributed by atoms with E-state index in [0.717, 1.165) is 11.4 Å². The summed E-state index contributed by atoms with van der Waals surface area (Å²) in [5.41, 5.74) is 0.992. The number of anilines is 1. The summed E-state index contributed by atoms with van der Waals surface area (Å²) in [6.45, 7) is 3.37. The minimum Gasteiger partial charge on any atom is -0.467 e. The average Bonchev–Trinajstić information content (AvgIpc) is 3.41. The molecule has 0 fully saturated rings. The molecule has 1 unspecified atom stereocenters. The molecule has 2 heterocycles. The summed E-state index contributed by atoms with van der Waals surface area (Å²) in [7, 11) is 0. The van der Waals surface area contributed by atoms with Crippen molar-refractivity contribution >= 4 is 23.3 Å². The standard InChI is InChI=1S/C21H25N3O5/c1-2-28-21(26)18-14-19(24(23-18)16-8-4-3-5-9-16)20(25)22-11-7-12-27-15-17-10-6-13-29-17/h3-6,8-10,13,19H,2,7,11-12,14-15H2,1H3,(H,22,25). The van der Waals surface area contributed by atoms with E-state index in [4.69, 9.17) is 13.9 Å². The van der Waals surface area contributed by atoms with Gasteiger partial charge in [-0.15, -0.1) is 0 Å². The molecular weight excluding hydrogens is 374 g/mol. The highest BCUT2D eigenvalue weighted by molar-refractivity contribution is 6.38. The first-order valence-electron chi connectivity index (χ1n) is 9.65. The molecule has 0 bridgehead atoms. The van der Waals surface area contributed by atoms with E-state index in [2.05, 4.69) is 10.4 Å². The third-order valence-corrected chi connectivity index (χ3v) is 4.33. The maximum atomic E-state index is 12.7. The lowest BCUT2D eigenvalue weighted by molar-refractivity contribution is -0.135. The van der Waals surface area contributed by atoms with Gasteiger partial charge in [-0.3, -0.25) is 9.80 Å². The molecule has 0 spiro atoms. The Morgan fingerprint density at radius 2 is 2.07 bits per heavy atom. The normalized spacial score (nSPS) is 15.8. The molecule has 0 radical (unpaired) electrons. The number of amides is 1. The van der Waals surface area contributed by atoms with Crippen molar-refractivity contribution in [2.45, 2.75) is 32.4 Å². The van der Waals surface area contributed by atoms with Crippen LogP contribution in [0.5, 0.6) is 0 Å². The SMILES string of the molecule is CCOC(=O)C1=NN(c2ccccc2)C(C(=O)NCCCOCc2ccco2)C1. The minimum absolute atomic E-state index is 0.192. The van der Waals surface area contributed by atoms with Crippen molar-refractivity contribution < 1.29 is 23.5 Å². The molecule has 8 heteroatoms. The lowest BCUT2D eigenvalue weighted by Gasteiger charge is -2.22. The van der Waals surface area contributed by atoms with E-state index in [1.165, 1.54) is 0 Å². The second-order valence-electron chi connectivity index (χ2n) is 6.44. The van der Waals surface area contributed by atoms with Crippen molar-refractivity contribution in [1.29, 1.82) is 0 Å². The van der Waals surface area contributed by atoms with Crippen molar-refractivity contribution in [2.24, 2.45) is 5.10 Å². The Kier molecular flexibility index (Phi) is 7.40. The van der Waals surface area contributed by atoms with Crippen molar-refractivity contribution in [2.75, 3.05) is 24.8 Å². The number of para-hydroxylation sites is 1. The van der Waals surface area contributed by atoms with Crippen LogP contribution in [0.25, 0.3) is 0 Å². The van der Waals surface area contributed by atoms with Crippen LogP contribution >= 0.6 is 0 Å². The Labute approximate surface area is 169 Å². The van der Waals surface area contributed by atoms with E-state index in [1.54, 1.807) is 18.2 Å². The molecule has 0 aliphatic carbocycles. The van der Waals surface area contributed by atoms with Crippen molar-refractivity contribution in [3.05, 3.63) is 54.5 Å². The van der Waals surface area contributed by atoms with Gasteiger partial charge in [-0.2, -0.15) is 5.10 Å². The number of carbonyl (C=O) groups excluding carboxylic acids is 2. The first-order chi connectivity index (χ1) is 14.2. The van der Waals surface area contributed by atoms with Crippen LogP contribution in [0, 0.1) is 0 Å². The molecule has 3 rings (SSSR count). The predicted octanol–water partition coefficient (Wildman–Crippen LogP) is 2.50. The number of esters is 1. The van der Waals surface area contributed by atoms with Gasteiger partial charge in [-0.1, -0.05) is 18.2 Å². The largest absolute Gasteiger partial charge is 0.467 e. The van der Waals surface area contributed by atoms with E-state index >= 15 is 0 Å². The van der Waals surface area contributed by atoms with Crippen molar-refractivity contribution in [1.82, 2.24) is 5.32 Å². The van der Waals surface area contributed by atoms with Gasteiger partial charge in [0.1, 0.15) is 24.1 Å². The van der Waals surface area contributed by atoms with Crippen LogP contribution in [0.3, 0.4) is 0 Å². The summed E-state index contributed by atoms with van der Waals surface area (Å²) in [6.07, 6.45) is 2.47. The monoisotopic (exact) mass is 399 g/mol. The molecule has 1 aromatic heterocycles. The van der Waals surface area contributed by atoms with Crippen LogP contribution in [-0.4, -0.2) is 43.4 Å². The lowest BCUT2D eigenvalue weighted by atomic mass is 10.1.